The van der Waals surface area contributed by atoms with Gasteiger partial charge in [-0.15, -0.1) is 0 Å². The number of hydrogen-bond donors (Lipinski definition) is 1. The van der Waals surface area contributed by atoms with Gasteiger partial charge in [0.25, 0.3) is 0 Å². The van der Waals surface area contributed by atoms with Gasteiger partial charge in [0.1, 0.15) is 5.75 Å². The summed E-state index contributed by atoms with van der Waals surface area (Å²) in [5, 5.41) is 0. The SMILES string of the molecule is CCOc1ccccc1C(CN)N(CC)c1ccccc1. The summed E-state index contributed by atoms with van der Waals surface area (Å²) in [7, 11) is 0. The minimum atomic E-state index is 0.111. The second-order valence-corrected chi connectivity index (χ2v) is 4.84. The molecule has 112 valence electrons. The zero-order chi connectivity index (χ0) is 15.1. The maximum absolute atomic E-state index is 6.09. The Morgan fingerprint density at radius 2 is 1.67 bits per heavy atom. The van der Waals surface area contributed by atoms with Gasteiger partial charge in [0.05, 0.1) is 12.6 Å². The molecule has 1 unspecified atom stereocenters. The van der Waals surface area contributed by atoms with Crippen molar-refractivity contribution in [3.05, 3.63) is 60.2 Å². The molecular formula is C18H24N2O. The van der Waals surface area contributed by atoms with Crippen LogP contribution in [0.15, 0.2) is 54.6 Å². The number of hydrogen-bond acceptors (Lipinski definition) is 3. The van der Waals surface area contributed by atoms with E-state index in [1.807, 2.05) is 31.2 Å². The molecule has 21 heavy (non-hydrogen) atoms. The molecule has 2 rings (SSSR count). The summed E-state index contributed by atoms with van der Waals surface area (Å²) in [6.45, 7) is 6.26. The van der Waals surface area contributed by atoms with Gasteiger partial charge in [0.15, 0.2) is 0 Å². The number of nitrogens with zero attached hydrogens (tertiary/aromatic N) is 1. The number of rotatable bonds is 7. The lowest BCUT2D eigenvalue weighted by atomic mass is 10.0. The van der Waals surface area contributed by atoms with Crippen LogP contribution in [0.25, 0.3) is 0 Å². The molecule has 1 atom stereocenters. The quantitative estimate of drug-likeness (QED) is 0.844. The first kappa shape index (κ1) is 15.4. The van der Waals surface area contributed by atoms with Gasteiger partial charge >= 0.3 is 0 Å². The standard InChI is InChI=1S/C18H24N2O/c1-3-20(15-10-6-5-7-11-15)17(14-19)16-12-8-9-13-18(16)21-4-2/h5-13,17H,3-4,14,19H2,1-2H3. The lowest BCUT2D eigenvalue weighted by Crippen LogP contribution is -2.34. The molecule has 3 nitrogen and oxygen atoms in total. The van der Waals surface area contributed by atoms with Crippen molar-refractivity contribution in [2.75, 3.05) is 24.6 Å². The summed E-state index contributed by atoms with van der Waals surface area (Å²) < 4.78 is 5.77. The summed E-state index contributed by atoms with van der Waals surface area (Å²) in [6, 6.07) is 18.7. The Labute approximate surface area is 127 Å². The Hall–Kier alpha value is -2.00. The van der Waals surface area contributed by atoms with Crippen LogP contribution in [0.5, 0.6) is 5.75 Å². The predicted molar refractivity (Wildman–Crippen MR) is 88.9 cm³/mol. The number of para-hydroxylation sites is 2. The molecule has 0 amide bonds. The Balaban J connectivity index is 2.38. The highest BCUT2D eigenvalue weighted by Gasteiger charge is 2.21. The smallest absolute Gasteiger partial charge is 0.124 e. The highest BCUT2D eigenvalue weighted by Crippen LogP contribution is 2.32. The second kappa shape index (κ2) is 7.70. The van der Waals surface area contributed by atoms with Crippen LogP contribution in [0, 0.1) is 0 Å². The third-order valence-electron chi connectivity index (χ3n) is 3.61. The van der Waals surface area contributed by atoms with E-state index in [2.05, 4.69) is 42.2 Å². The van der Waals surface area contributed by atoms with Crippen LogP contribution >= 0.6 is 0 Å². The molecule has 0 spiro atoms. The van der Waals surface area contributed by atoms with Crippen molar-refractivity contribution in [2.24, 2.45) is 5.73 Å². The summed E-state index contributed by atoms with van der Waals surface area (Å²) >= 11 is 0. The van der Waals surface area contributed by atoms with Crippen LogP contribution in [-0.4, -0.2) is 19.7 Å². The Morgan fingerprint density at radius 3 is 2.29 bits per heavy atom. The Kier molecular flexibility index (Phi) is 5.64. The molecule has 2 aromatic rings. The van der Waals surface area contributed by atoms with Crippen LogP contribution < -0.4 is 15.4 Å². The summed E-state index contributed by atoms with van der Waals surface area (Å²) in [5.74, 6) is 0.921. The number of likely N-dealkylation sites (N-methyl/N-ethyl adjacent to an activating group) is 1. The van der Waals surface area contributed by atoms with E-state index in [0.29, 0.717) is 13.2 Å². The second-order valence-electron chi connectivity index (χ2n) is 4.84. The minimum Gasteiger partial charge on any atom is -0.494 e. The molecule has 0 bridgehead atoms. The summed E-state index contributed by atoms with van der Waals surface area (Å²) in [4.78, 5) is 2.32. The molecule has 0 radical (unpaired) electrons. The van der Waals surface area contributed by atoms with E-state index in [4.69, 9.17) is 10.5 Å². The third-order valence-corrected chi connectivity index (χ3v) is 3.61. The van der Waals surface area contributed by atoms with Gasteiger partial charge in [-0.05, 0) is 32.0 Å². The first-order valence-corrected chi connectivity index (χ1v) is 7.55. The van der Waals surface area contributed by atoms with E-state index in [0.717, 1.165) is 17.9 Å². The largest absolute Gasteiger partial charge is 0.494 e. The van der Waals surface area contributed by atoms with Crippen LogP contribution in [0.1, 0.15) is 25.5 Å². The molecule has 0 aromatic heterocycles. The number of benzene rings is 2. The topological polar surface area (TPSA) is 38.5 Å². The van der Waals surface area contributed by atoms with Gasteiger partial charge < -0.3 is 15.4 Å². The number of nitrogens with two attached hydrogens (primary N) is 1. The fraction of sp³-hybridized carbons (Fsp3) is 0.333. The molecule has 0 aliphatic rings. The van der Waals surface area contributed by atoms with Crippen molar-refractivity contribution in [1.82, 2.24) is 0 Å². The normalized spacial score (nSPS) is 12.0. The van der Waals surface area contributed by atoms with Crippen LogP contribution in [-0.2, 0) is 0 Å². The molecular weight excluding hydrogens is 260 g/mol. The van der Waals surface area contributed by atoms with Gasteiger partial charge in [0.2, 0.25) is 0 Å². The van der Waals surface area contributed by atoms with Gasteiger partial charge in [-0.2, -0.15) is 0 Å². The minimum absolute atomic E-state index is 0.111. The van der Waals surface area contributed by atoms with Crippen molar-refractivity contribution in [3.63, 3.8) is 0 Å². The zero-order valence-corrected chi connectivity index (χ0v) is 12.8. The average molecular weight is 284 g/mol. The highest BCUT2D eigenvalue weighted by molar-refractivity contribution is 5.51. The van der Waals surface area contributed by atoms with Crippen molar-refractivity contribution in [3.8, 4) is 5.75 Å². The van der Waals surface area contributed by atoms with Crippen molar-refractivity contribution < 1.29 is 4.74 Å². The van der Waals surface area contributed by atoms with Gasteiger partial charge in [0, 0.05) is 24.3 Å². The summed E-state index contributed by atoms with van der Waals surface area (Å²) in [5.41, 5.74) is 8.41. The fourth-order valence-electron chi connectivity index (χ4n) is 2.67. The average Bonchev–Trinajstić information content (AvgIpc) is 2.54. The molecule has 0 aliphatic carbocycles. The lowest BCUT2D eigenvalue weighted by Gasteiger charge is -2.33. The van der Waals surface area contributed by atoms with Gasteiger partial charge in [-0.1, -0.05) is 36.4 Å². The van der Waals surface area contributed by atoms with E-state index in [-0.39, 0.29) is 6.04 Å². The molecule has 0 saturated carbocycles. The molecule has 2 N–H and O–H groups in total. The van der Waals surface area contributed by atoms with Crippen molar-refractivity contribution in [2.45, 2.75) is 19.9 Å². The Morgan fingerprint density at radius 1 is 1.00 bits per heavy atom. The first-order chi connectivity index (χ1) is 10.3. The molecule has 0 saturated heterocycles. The van der Waals surface area contributed by atoms with E-state index in [9.17, 15) is 0 Å². The Bertz CT molecular complexity index is 542. The summed E-state index contributed by atoms with van der Waals surface area (Å²) in [6.07, 6.45) is 0. The van der Waals surface area contributed by atoms with E-state index in [1.165, 1.54) is 5.69 Å². The maximum atomic E-state index is 6.09. The molecule has 2 aromatic carbocycles. The van der Waals surface area contributed by atoms with Crippen molar-refractivity contribution >= 4 is 5.69 Å². The van der Waals surface area contributed by atoms with Gasteiger partial charge in [-0.25, -0.2) is 0 Å². The zero-order valence-electron chi connectivity index (χ0n) is 12.8. The molecule has 3 heteroatoms. The monoisotopic (exact) mass is 284 g/mol. The first-order valence-electron chi connectivity index (χ1n) is 7.55. The van der Waals surface area contributed by atoms with E-state index < -0.39 is 0 Å². The van der Waals surface area contributed by atoms with E-state index >= 15 is 0 Å². The van der Waals surface area contributed by atoms with Gasteiger partial charge in [-0.3, -0.25) is 0 Å². The predicted octanol–water partition coefficient (Wildman–Crippen LogP) is 3.61. The number of anilines is 1. The highest BCUT2D eigenvalue weighted by atomic mass is 16.5. The lowest BCUT2D eigenvalue weighted by molar-refractivity contribution is 0.333. The van der Waals surface area contributed by atoms with Crippen molar-refractivity contribution in [1.29, 1.82) is 0 Å². The third kappa shape index (κ3) is 3.56. The maximum Gasteiger partial charge on any atom is 0.124 e. The molecule has 0 aliphatic heterocycles. The fourth-order valence-corrected chi connectivity index (χ4v) is 2.67. The van der Waals surface area contributed by atoms with Crippen LogP contribution in [0.3, 0.4) is 0 Å². The van der Waals surface area contributed by atoms with E-state index in [1.54, 1.807) is 0 Å². The van der Waals surface area contributed by atoms with Crippen LogP contribution in [0.4, 0.5) is 5.69 Å². The van der Waals surface area contributed by atoms with Crippen LogP contribution in [0.2, 0.25) is 0 Å². The molecule has 0 heterocycles. The molecule has 0 fully saturated rings. The number of ether oxygens (including phenoxy) is 1.